The van der Waals surface area contributed by atoms with E-state index in [-0.39, 0.29) is 11.9 Å². The van der Waals surface area contributed by atoms with Gasteiger partial charge in [-0.1, -0.05) is 6.07 Å². The first-order chi connectivity index (χ1) is 8.20. The first-order valence-corrected chi connectivity index (χ1v) is 5.27. The van der Waals surface area contributed by atoms with Gasteiger partial charge in [-0.3, -0.25) is 10.9 Å². The number of aryl methyl sites for hydroxylation is 1. The maximum absolute atomic E-state index is 13.2. The van der Waals surface area contributed by atoms with Crippen molar-refractivity contribution in [3.63, 3.8) is 0 Å². The topological polar surface area (TPSA) is 79.6 Å². The Morgan fingerprint density at radius 2 is 2.35 bits per heavy atom. The Labute approximate surface area is 98.2 Å². The monoisotopic (exact) mass is 235 g/mol. The van der Waals surface area contributed by atoms with Gasteiger partial charge in [0.25, 0.3) is 0 Å². The Balaban J connectivity index is 2.21. The molecule has 0 aliphatic rings. The Morgan fingerprint density at radius 3 is 3.00 bits per heavy atom. The van der Waals surface area contributed by atoms with Crippen molar-refractivity contribution in [1.29, 1.82) is 0 Å². The van der Waals surface area contributed by atoms with E-state index in [4.69, 9.17) is 5.84 Å². The van der Waals surface area contributed by atoms with Gasteiger partial charge in [-0.25, -0.2) is 14.8 Å². The largest absolute Gasteiger partial charge is 0.271 e. The van der Waals surface area contributed by atoms with E-state index >= 15 is 0 Å². The van der Waals surface area contributed by atoms with Gasteiger partial charge in [-0.2, -0.15) is 5.10 Å². The second kappa shape index (κ2) is 5.03. The molecule has 5 nitrogen and oxygen atoms in total. The number of aromatic nitrogens is 3. The highest BCUT2D eigenvalue weighted by atomic mass is 19.1. The molecular weight excluding hydrogens is 221 g/mol. The minimum atomic E-state index is -0.251. The van der Waals surface area contributed by atoms with Crippen LogP contribution in [-0.4, -0.2) is 15.2 Å². The fourth-order valence-corrected chi connectivity index (χ4v) is 1.70. The number of hydrogen-bond acceptors (Lipinski definition) is 4. The summed E-state index contributed by atoms with van der Waals surface area (Å²) in [5.74, 6) is 5.85. The minimum absolute atomic E-state index is 0.210. The van der Waals surface area contributed by atoms with Crippen molar-refractivity contribution in [2.75, 3.05) is 0 Å². The fourth-order valence-electron chi connectivity index (χ4n) is 1.70. The van der Waals surface area contributed by atoms with E-state index in [1.807, 2.05) is 6.92 Å². The predicted molar refractivity (Wildman–Crippen MR) is 61.3 cm³/mol. The number of aromatic amines is 1. The van der Waals surface area contributed by atoms with E-state index in [9.17, 15) is 4.39 Å². The number of nitrogens with zero attached hydrogens (tertiary/aromatic N) is 2. The normalized spacial score (nSPS) is 12.6. The smallest absolute Gasteiger partial charge is 0.143 e. The van der Waals surface area contributed by atoms with Crippen molar-refractivity contribution < 1.29 is 4.39 Å². The van der Waals surface area contributed by atoms with Crippen molar-refractivity contribution in [3.05, 3.63) is 47.3 Å². The highest BCUT2D eigenvalue weighted by Crippen LogP contribution is 2.18. The van der Waals surface area contributed by atoms with E-state index < -0.39 is 0 Å². The van der Waals surface area contributed by atoms with E-state index in [2.05, 4.69) is 20.6 Å². The summed E-state index contributed by atoms with van der Waals surface area (Å²) >= 11 is 0. The van der Waals surface area contributed by atoms with Crippen LogP contribution in [0.4, 0.5) is 4.39 Å². The molecule has 0 saturated carbocycles. The van der Waals surface area contributed by atoms with Crippen molar-refractivity contribution >= 4 is 0 Å². The molecule has 6 heteroatoms. The van der Waals surface area contributed by atoms with Crippen molar-refractivity contribution in [2.24, 2.45) is 5.84 Å². The summed E-state index contributed by atoms with van der Waals surface area (Å²) in [6.45, 7) is 1.93. The maximum Gasteiger partial charge on any atom is 0.143 e. The number of hydrogen-bond donors (Lipinski definition) is 3. The standard InChI is InChI=1S/C11H14FN5/c1-7-2-3-9(12)4-8(7)5-10(16-13)11-14-6-15-17-11/h2-4,6,10,16H,5,13H2,1H3,(H,14,15,17). The maximum atomic E-state index is 13.2. The molecule has 0 amide bonds. The van der Waals surface area contributed by atoms with Crippen LogP contribution in [0, 0.1) is 12.7 Å². The molecule has 0 fully saturated rings. The Hall–Kier alpha value is -1.79. The summed E-state index contributed by atoms with van der Waals surface area (Å²) in [4.78, 5) is 4.03. The lowest BCUT2D eigenvalue weighted by Gasteiger charge is -2.14. The summed E-state index contributed by atoms with van der Waals surface area (Å²) in [6.07, 6.45) is 1.97. The average molecular weight is 235 g/mol. The molecule has 90 valence electrons. The third-order valence-electron chi connectivity index (χ3n) is 2.70. The molecule has 0 spiro atoms. The molecule has 0 radical (unpaired) electrons. The van der Waals surface area contributed by atoms with Gasteiger partial charge in [0, 0.05) is 0 Å². The summed E-state index contributed by atoms with van der Waals surface area (Å²) in [7, 11) is 0. The average Bonchev–Trinajstić information content (AvgIpc) is 2.84. The van der Waals surface area contributed by atoms with Crippen LogP contribution in [0.3, 0.4) is 0 Å². The van der Waals surface area contributed by atoms with Crippen LogP contribution < -0.4 is 11.3 Å². The number of nitrogens with one attached hydrogen (secondary N) is 2. The van der Waals surface area contributed by atoms with Crippen LogP contribution in [-0.2, 0) is 6.42 Å². The lowest BCUT2D eigenvalue weighted by atomic mass is 10.0. The zero-order chi connectivity index (χ0) is 12.3. The van der Waals surface area contributed by atoms with E-state index in [1.54, 1.807) is 6.07 Å². The first kappa shape index (κ1) is 11.7. The SMILES string of the molecule is Cc1ccc(F)cc1CC(NN)c1ncn[nH]1. The fraction of sp³-hybridized carbons (Fsp3) is 0.273. The molecular formula is C11H14FN5. The first-order valence-electron chi connectivity index (χ1n) is 5.27. The number of halogens is 1. The van der Waals surface area contributed by atoms with E-state index in [0.717, 1.165) is 11.1 Å². The summed E-state index contributed by atoms with van der Waals surface area (Å²) in [5.41, 5.74) is 4.56. The molecule has 1 aromatic heterocycles. The minimum Gasteiger partial charge on any atom is -0.271 e. The molecule has 1 heterocycles. The number of rotatable bonds is 4. The molecule has 0 saturated heterocycles. The summed E-state index contributed by atoms with van der Waals surface area (Å²) in [6, 6.07) is 4.49. The lowest BCUT2D eigenvalue weighted by molar-refractivity contribution is 0.521. The molecule has 0 aliphatic heterocycles. The molecule has 2 rings (SSSR count). The molecule has 2 aromatic rings. The highest BCUT2D eigenvalue weighted by molar-refractivity contribution is 5.27. The van der Waals surface area contributed by atoms with Gasteiger partial charge in [0.05, 0.1) is 6.04 Å². The molecule has 4 N–H and O–H groups in total. The van der Waals surface area contributed by atoms with Gasteiger partial charge in [0.2, 0.25) is 0 Å². The molecule has 1 aromatic carbocycles. The van der Waals surface area contributed by atoms with Crippen LogP contribution >= 0.6 is 0 Å². The molecule has 17 heavy (non-hydrogen) atoms. The second-order valence-corrected chi connectivity index (χ2v) is 3.86. The van der Waals surface area contributed by atoms with E-state index in [1.165, 1.54) is 18.5 Å². The summed E-state index contributed by atoms with van der Waals surface area (Å²) in [5, 5.41) is 6.51. The van der Waals surface area contributed by atoms with Crippen LogP contribution in [0.1, 0.15) is 23.0 Å². The van der Waals surface area contributed by atoms with Gasteiger partial charge < -0.3 is 0 Å². The van der Waals surface area contributed by atoms with Crippen LogP contribution in [0.25, 0.3) is 0 Å². The lowest BCUT2D eigenvalue weighted by Crippen LogP contribution is -2.30. The molecule has 0 aliphatic carbocycles. The van der Waals surface area contributed by atoms with Crippen molar-refractivity contribution in [1.82, 2.24) is 20.6 Å². The Bertz CT molecular complexity index is 483. The Morgan fingerprint density at radius 1 is 1.53 bits per heavy atom. The van der Waals surface area contributed by atoms with Crippen LogP contribution in [0.2, 0.25) is 0 Å². The highest BCUT2D eigenvalue weighted by Gasteiger charge is 2.14. The van der Waals surface area contributed by atoms with Gasteiger partial charge in [0.1, 0.15) is 18.0 Å². The molecule has 0 bridgehead atoms. The molecule has 1 unspecified atom stereocenters. The van der Waals surface area contributed by atoms with Gasteiger partial charge in [-0.15, -0.1) is 0 Å². The van der Waals surface area contributed by atoms with Gasteiger partial charge in [0.15, 0.2) is 0 Å². The van der Waals surface area contributed by atoms with Crippen LogP contribution in [0.5, 0.6) is 0 Å². The predicted octanol–water partition coefficient (Wildman–Crippen LogP) is 0.999. The number of nitrogens with two attached hydrogens (primary N) is 1. The molecule has 1 atom stereocenters. The van der Waals surface area contributed by atoms with Gasteiger partial charge in [-0.05, 0) is 36.6 Å². The third kappa shape index (κ3) is 2.66. The Kier molecular flexibility index (Phi) is 3.46. The quantitative estimate of drug-likeness (QED) is 0.545. The van der Waals surface area contributed by atoms with E-state index in [0.29, 0.717) is 12.2 Å². The van der Waals surface area contributed by atoms with Crippen molar-refractivity contribution in [2.45, 2.75) is 19.4 Å². The zero-order valence-electron chi connectivity index (χ0n) is 9.44. The second-order valence-electron chi connectivity index (χ2n) is 3.86. The number of benzene rings is 1. The number of H-pyrrole nitrogens is 1. The van der Waals surface area contributed by atoms with Crippen LogP contribution in [0.15, 0.2) is 24.5 Å². The third-order valence-corrected chi connectivity index (χ3v) is 2.70. The van der Waals surface area contributed by atoms with Gasteiger partial charge >= 0.3 is 0 Å². The van der Waals surface area contributed by atoms with Crippen molar-refractivity contribution in [3.8, 4) is 0 Å². The summed E-state index contributed by atoms with van der Waals surface area (Å²) < 4.78 is 13.2. The zero-order valence-corrected chi connectivity index (χ0v) is 9.44. The number of hydrazine groups is 1.